The molecule has 0 spiro atoms. The average Bonchev–Trinajstić information content (AvgIpc) is 2.81. The van der Waals surface area contributed by atoms with Crippen LogP contribution in [0.5, 0.6) is 0 Å². The first kappa shape index (κ1) is 21.9. The van der Waals surface area contributed by atoms with Crippen molar-refractivity contribution in [1.82, 2.24) is 15.1 Å². The third-order valence-corrected chi connectivity index (χ3v) is 5.82. The first-order valence-electron chi connectivity index (χ1n) is 10.4. The zero-order valence-electron chi connectivity index (χ0n) is 17.5. The highest BCUT2D eigenvalue weighted by atomic mass is 19.2. The highest BCUT2D eigenvalue weighted by Crippen LogP contribution is 2.22. The zero-order valence-corrected chi connectivity index (χ0v) is 17.5. The molecule has 0 saturated carbocycles. The molecule has 0 radical (unpaired) electrons. The van der Waals surface area contributed by atoms with Crippen molar-refractivity contribution in [2.75, 3.05) is 19.6 Å². The number of carbonyl (C=O) groups is 3. The van der Waals surface area contributed by atoms with Crippen molar-refractivity contribution in [3.8, 4) is 0 Å². The average molecular weight is 443 g/mol. The van der Waals surface area contributed by atoms with Gasteiger partial charge in [-0.3, -0.25) is 14.4 Å². The second-order valence-corrected chi connectivity index (χ2v) is 7.89. The highest BCUT2D eigenvalue weighted by molar-refractivity contribution is 5.99. The van der Waals surface area contributed by atoms with Crippen LogP contribution in [0.2, 0.25) is 0 Å². The van der Waals surface area contributed by atoms with E-state index in [9.17, 15) is 23.2 Å². The number of halogens is 2. The molecule has 0 unspecified atom stereocenters. The lowest BCUT2D eigenvalue weighted by atomic mass is 10.0. The van der Waals surface area contributed by atoms with Crippen molar-refractivity contribution >= 4 is 17.7 Å². The molecule has 0 bridgehead atoms. The van der Waals surface area contributed by atoms with E-state index >= 15 is 0 Å². The number of hydrogen-bond acceptors (Lipinski definition) is 4. The van der Waals surface area contributed by atoms with Gasteiger partial charge in [0.1, 0.15) is 12.1 Å². The predicted molar refractivity (Wildman–Crippen MR) is 110 cm³/mol. The van der Waals surface area contributed by atoms with E-state index in [-0.39, 0.29) is 25.5 Å². The van der Waals surface area contributed by atoms with E-state index in [4.69, 9.17) is 4.74 Å². The van der Waals surface area contributed by atoms with Crippen LogP contribution >= 0.6 is 0 Å². The van der Waals surface area contributed by atoms with Crippen molar-refractivity contribution in [1.29, 1.82) is 0 Å². The first-order chi connectivity index (χ1) is 15.4. The molecule has 2 aliphatic rings. The maximum Gasteiger partial charge on any atom is 0.257 e. The molecular weight excluding hydrogens is 420 g/mol. The number of fused-ring (bicyclic) bond motifs is 1. The van der Waals surface area contributed by atoms with Crippen molar-refractivity contribution in [2.45, 2.75) is 31.7 Å². The molecule has 168 valence electrons. The van der Waals surface area contributed by atoms with Gasteiger partial charge in [0.05, 0.1) is 24.8 Å². The Labute approximate surface area is 183 Å². The minimum atomic E-state index is -1.23. The normalized spacial score (nSPS) is 21.7. The molecule has 3 atom stereocenters. The Morgan fingerprint density at radius 3 is 2.62 bits per heavy atom. The minimum absolute atomic E-state index is 0.0989. The summed E-state index contributed by atoms with van der Waals surface area (Å²) in [5, 5.41) is 2.69. The Hall–Kier alpha value is -3.33. The first-order valence-corrected chi connectivity index (χ1v) is 10.4. The molecule has 2 aromatic rings. The van der Waals surface area contributed by atoms with Gasteiger partial charge in [-0.1, -0.05) is 36.4 Å². The highest BCUT2D eigenvalue weighted by Gasteiger charge is 2.46. The molecule has 0 aliphatic carbocycles. The second-order valence-electron chi connectivity index (χ2n) is 7.89. The van der Waals surface area contributed by atoms with Gasteiger partial charge in [0.15, 0.2) is 11.6 Å². The second kappa shape index (κ2) is 9.04. The molecule has 2 aliphatic heterocycles. The molecule has 1 N–H and O–H groups in total. The number of rotatable bonds is 5. The summed E-state index contributed by atoms with van der Waals surface area (Å²) in [6.45, 7) is 2.14. The molecule has 2 fully saturated rings. The maximum absolute atomic E-state index is 14.0. The van der Waals surface area contributed by atoms with Gasteiger partial charge in [-0.2, -0.15) is 0 Å². The van der Waals surface area contributed by atoms with Crippen LogP contribution in [0.1, 0.15) is 22.8 Å². The Morgan fingerprint density at radius 1 is 1.12 bits per heavy atom. The Balaban J connectivity index is 1.42. The molecule has 7 nitrogen and oxygen atoms in total. The van der Waals surface area contributed by atoms with Crippen LogP contribution in [0.25, 0.3) is 0 Å². The van der Waals surface area contributed by atoms with E-state index in [1.165, 1.54) is 21.9 Å². The van der Waals surface area contributed by atoms with E-state index in [0.717, 1.165) is 11.6 Å². The van der Waals surface area contributed by atoms with Gasteiger partial charge >= 0.3 is 0 Å². The fraction of sp³-hybridized carbons (Fsp3) is 0.348. The van der Waals surface area contributed by atoms with E-state index in [2.05, 4.69) is 5.32 Å². The minimum Gasteiger partial charge on any atom is -0.371 e. The van der Waals surface area contributed by atoms with Crippen LogP contribution in [-0.2, 0) is 20.9 Å². The summed E-state index contributed by atoms with van der Waals surface area (Å²) >= 11 is 0. The van der Waals surface area contributed by atoms with Gasteiger partial charge in [-0.25, -0.2) is 8.78 Å². The van der Waals surface area contributed by atoms with Crippen LogP contribution in [-0.4, -0.2) is 65.3 Å². The molecule has 9 heteroatoms. The summed E-state index contributed by atoms with van der Waals surface area (Å²) in [5.74, 6) is -3.77. The lowest BCUT2D eigenvalue weighted by molar-refractivity contribution is -0.156. The fourth-order valence-electron chi connectivity index (χ4n) is 4.00. The lowest BCUT2D eigenvalue weighted by Crippen LogP contribution is -2.71. The summed E-state index contributed by atoms with van der Waals surface area (Å²) in [7, 11) is 0. The third-order valence-electron chi connectivity index (χ3n) is 5.82. The standard InChI is InChI=1S/C23H23F2N3O4/c1-14(32-13-15-6-3-2-4-7-15)20-23(31)28-11-10-27(12-18(28)21(29)26-20)22(30)16-8-5-9-17(24)19(16)25/h2-9,14,18,20H,10-13H2,1H3,(H,26,29)/t14-,18-,20+/m1/s1. The summed E-state index contributed by atoms with van der Waals surface area (Å²) in [6, 6.07) is 11.1. The maximum atomic E-state index is 14.0. The Kier molecular flexibility index (Phi) is 6.18. The van der Waals surface area contributed by atoms with Gasteiger partial charge in [-0.15, -0.1) is 0 Å². The molecule has 2 saturated heterocycles. The summed E-state index contributed by atoms with van der Waals surface area (Å²) in [6.07, 6.45) is -0.561. The molecule has 0 aromatic heterocycles. The number of nitrogens with zero attached hydrogens (tertiary/aromatic N) is 2. The number of hydrogen-bond donors (Lipinski definition) is 1. The van der Waals surface area contributed by atoms with E-state index < -0.39 is 47.2 Å². The van der Waals surface area contributed by atoms with Crippen LogP contribution in [0.3, 0.4) is 0 Å². The molecule has 2 aromatic carbocycles. The lowest BCUT2D eigenvalue weighted by Gasteiger charge is -2.46. The monoisotopic (exact) mass is 443 g/mol. The fourth-order valence-corrected chi connectivity index (χ4v) is 4.00. The largest absolute Gasteiger partial charge is 0.371 e. The van der Waals surface area contributed by atoms with Crippen molar-refractivity contribution < 1.29 is 27.9 Å². The SMILES string of the molecule is C[C@@H](OCc1ccccc1)[C@@H]1NC(=O)[C@H]2CN(C(=O)c3cccc(F)c3F)CCN2C1=O. The number of benzene rings is 2. The van der Waals surface area contributed by atoms with Gasteiger partial charge < -0.3 is 19.9 Å². The molecule has 3 amide bonds. The van der Waals surface area contributed by atoms with Crippen LogP contribution < -0.4 is 5.32 Å². The smallest absolute Gasteiger partial charge is 0.257 e. The van der Waals surface area contributed by atoms with E-state index in [1.807, 2.05) is 30.3 Å². The van der Waals surface area contributed by atoms with Gasteiger partial charge in [-0.05, 0) is 24.6 Å². The van der Waals surface area contributed by atoms with E-state index in [1.54, 1.807) is 6.92 Å². The number of carbonyl (C=O) groups excluding carboxylic acids is 3. The Bertz CT molecular complexity index is 1030. The zero-order chi connectivity index (χ0) is 22.8. The molecule has 4 rings (SSSR count). The van der Waals surface area contributed by atoms with Gasteiger partial charge in [0.25, 0.3) is 5.91 Å². The number of piperazine rings is 2. The molecular formula is C23H23F2N3O4. The Morgan fingerprint density at radius 2 is 1.88 bits per heavy atom. The summed E-state index contributed by atoms with van der Waals surface area (Å²) < 4.78 is 33.3. The molecule has 32 heavy (non-hydrogen) atoms. The van der Waals surface area contributed by atoms with Crippen LogP contribution in [0.15, 0.2) is 48.5 Å². The van der Waals surface area contributed by atoms with Crippen LogP contribution in [0.4, 0.5) is 8.78 Å². The number of amides is 3. The number of ether oxygens (including phenoxy) is 1. The van der Waals surface area contributed by atoms with Crippen LogP contribution in [0, 0.1) is 11.6 Å². The topological polar surface area (TPSA) is 79.0 Å². The molecule has 2 heterocycles. The van der Waals surface area contributed by atoms with Crippen molar-refractivity contribution in [3.63, 3.8) is 0 Å². The summed E-state index contributed by atoms with van der Waals surface area (Å²) in [5.41, 5.74) is 0.547. The predicted octanol–water partition coefficient (Wildman–Crippen LogP) is 1.72. The van der Waals surface area contributed by atoms with Crippen molar-refractivity contribution in [3.05, 3.63) is 71.3 Å². The van der Waals surface area contributed by atoms with Gasteiger partial charge in [0, 0.05) is 13.1 Å². The third kappa shape index (κ3) is 4.20. The quantitative estimate of drug-likeness (QED) is 0.764. The van der Waals surface area contributed by atoms with Crippen molar-refractivity contribution in [2.24, 2.45) is 0 Å². The summed E-state index contributed by atoms with van der Waals surface area (Å²) in [4.78, 5) is 41.2. The van der Waals surface area contributed by atoms with E-state index in [0.29, 0.717) is 6.61 Å². The van der Waals surface area contributed by atoms with Gasteiger partial charge in [0.2, 0.25) is 11.8 Å². The number of nitrogens with one attached hydrogen (secondary N) is 1.